The van der Waals surface area contributed by atoms with Crippen LogP contribution < -0.4 is 5.32 Å². The number of esters is 1. The van der Waals surface area contributed by atoms with E-state index in [1.807, 2.05) is 0 Å². The van der Waals surface area contributed by atoms with Gasteiger partial charge in [-0.25, -0.2) is 9.59 Å². The Morgan fingerprint density at radius 3 is 2.65 bits per heavy atom. The lowest BCUT2D eigenvalue weighted by atomic mass is 10.1. The Morgan fingerprint density at radius 1 is 1.45 bits per heavy atom. The molecule has 1 rings (SSSR count). The summed E-state index contributed by atoms with van der Waals surface area (Å²) in [5.41, 5.74) is 0.148. The molecule has 0 aliphatic rings. The highest BCUT2D eigenvalue weighted by Crippen LogP contribution is 2.08. The summed E-state index contributed by atoms with van der Waals surface area (Å²) in [6, 6.07) is 2.47. The Hall–Kier alpha value is -1.69. The van der Waals surface area contributed by atoms with Gasteiger partial charge in [0.15, 0.2) is 6.07 Å². The van der Waals surface area contributed by atoms with Crippen LogP contribution in [-0.2, 0) is 20.7 Å². The van der Waals surface area contributed by atoms with Crippen molar-refractivity contribution in [3.63, 3.8) is 0 Å². The predicted octanol–water partition coefficient (Wildman–Crippen LogP) is 2.19. The zero-order valence-electron chi connectivity index (χ0n) is 11.7. The number of carbonyl (C=O) groups is 2. The minimum atomic E-state index is -0.859. The van der Waals surface area contributed by atoms with E-state index in [9.17, 15) is 9.59 Å². The van der Waals surface area contributed by atoms with Gasteiger partial charge in [-0.1, -0.05) is 11.6 Å². The molecule has 7 heteroatoms. The maximum Gasteiger partial charge on any atom is 0.408 e. The molecule has 112 valence electrons. The van der Waals surface area contributed by atoms with Crippen LogP contribution in [0.2, 0.25) is 0 Å². The number of hydrogen-bond donors (Lipinski definition) is 2. The van der Waals surface area contributed by atoms with Gasteiger partial charge in [0.25, 0.3) is 0 Å². The molecule has 0 aliphatic heterocycles. The lowest BCUT2D eigenvalue weighted by molar-refractivity contribution is -0.144. The molecule has 2 N–H and O–H groups in total. The lowest BCUT2D eigenvalue weighted by Gasteiger charge is -2.22. The van der Waals surface area contributed by atoms with Crippen LogP contribution in [0.5, 0.6) is 0 Å². The summed E-state index contributed by atoms with van der Waals surface area (Å²) in [5, 5.41) is 2.48. The number of alkyl halides is 1. The molecule has 0 saturated carbocycles. The summed E-state index contributed by atoms with van der Waals surface area (Å²) in [4.78, 5) is 26.5. The number of aromatic nitrogens is 1. The fourth-order valence-electron chi connectivity index (χ4n) is 1.51. The molecule has 1 unspecified atom stereocenters. The molecule has 0 aromatic carbocycles. The normalized spacial score (nSPS) is 12.6. The first-order valence-corrected chi connectivity index (χ1v) is 6.69. The molecule has 1 aromatic rings. The number of H-pyrrole nitrogens is 1. The number of amides is 1. The summed E-state index contributed by atoms with van der Waals surface area (Å²) in [6.45, 7) is 5.22. The zero-order valence-corrected chi connectivity index (χ0v) is 12.5. The molecule has 6 nitrogen and oxygen atoms in total. The van der Waals surface area contributed by atoms with Crippen molar-refractivity contribution in [2.45, 2.75) is 38.8 Å². The van der Waals surface area contributed by atoms with E-state index < -0.39 is 23.7 Å². The monoisotopic (exact) mass is 302 g/mol. The van der Waals surface area contributed by atoms with Crippen molar-refractivity contribution >= 4 is 23.7 Å². The molecular weight excluding hydrogens is 284 g/mol. The minimum absolute atomic E-state index is 0.266. The number of ether oxygens (including phenoxy) is 2. The van der Waals surface area contributed by atoms with Gasteiger partial charge in [-0.15, -0.1) is 0 Å². The molecular formula is C13H19ClN2O4. The number of alkyl carbamates (subject to hydrolysis) is 1. The summed E-state index contributed by atoms with van der Waals surface area (Å²) >= 11 is 5.37. The highest BCUT2D eigenvalue weighted by molar-refractivity contribution is 6.17. The molecule has 0 radical (unpaired) electrons. The molecule has 1 aromatic heterocycles. The van der Waals surface area contributed by atoms with Gasteiger partial charge in [-0.3, -0.25) is 0 Å². The van der Waals surface area contributed by atoms with Crippen molar-refractivity contribution in [2.24, 2.45) is 0 Å². The van der Waals surface area contributed by atoms with Crippen LogP contribution in [0.25, 0.3) is 0 Å². The third-order valence-corrected chi connectivity index (χ3v) is 2.37. The second-order valence-electron chi connectivity index (χ2n) is 5.17. The Balaban J connectivity index is 2.67. The minimum Gasteiger partial charge on any atom is -0.448 e. The Kier molecular flexibility index (Phi) is 5.88. The van der Waals surface area contributed by atoms with Crippen molar-refractivity contribution in [3.05, 3.63) is 24.0 Å². The van der Waals surface area contributed by atoms with Gasteiger partial charge in [0.05, 0.1) is 0 Å². The first-order valence-electron chi connectivity index (χ1n) is 6.16. The molecule has 0 saturated heterocycles. The van der Waals surface area contributed by atoms with Gasteiger partial charge in [-0.05, 0) is 32.9 Å². The van der Waals surface area contributed by atoms with Crippen LogP contribution in [0.4, 0.5) is 4.79 Å². The van der Waals surface area contributed by atoms with E-state index in [4.69, 9.17) is 21.1 Å². The first-order chi connectivity index (χ1) is 9.31. The van der Waals surface area contributed by atoms with Crippen LogP contribution in [-0.4, -0.2) is 34.8 Å². The Morgan fingerprint density at radius 2 is 2.15 bits per heavy atom. The molecule has 20 heavy (non-hydrogen) atoms. The summed E-state index contributed by atoms with van der Waals surface area (Å²) in [5.74, 6) is -0.611. The van der Waals surface area contributed by atoms with Crippen molar-refractivity contribution in [2.75, 3.05) is 6.07 Å². The highest BCUT2D eigenvalue weighted by atomic mass is 35.5. The van der Waals surface area contributed by atoms with Gasteiger partial charge in [-0.2, -0.15) is 0 Å². The topological polar surface area (TPSA) is 80.4 Å². The van der Waals surface area contributed by atoms with Crippen LogP contribution >= 0.6 is 11.6 Å². The third kappa shape index (κ3) is 5.97. The standard InChI is InChI=1S/C13H19ClN2O4/c1-13(2,3)20-12(18)16-10(11(17)19-8-14)7-9-5-4-6-15-9/h4-6,10,15H,7-8H2,1-3H3,(H,16,18). The summed E-state index contributed by atoms with van der Waals surface area (Å²) in [7, 11) is 0. The fourth-order valence-corrected chi connectivity index (χ4v) is 1.62. The maximum atomic E-state index is 11.8. The van der Waals surface area contributed by atoms with Crippen molar-refractivity contribution in [3.8, 4) is 0 Å². The molecule has 0 aliphatic carbocycles. The highest BCUT2D eigenvalue weighted by Gasteiger charge is 2.26. The van der Waals surface area contributed by atoms with E-state index in [-0.39, 0.29) is 12.5 Å². The smallest absolute Gasteiger partial charge is 0.408 e. The number of halogens is 1. The van der Waals surface area contributed by atoms with E-state index in [1.54, 1.807) is 39.1 Å². The molecule has 0 bridgehead atoms. The maximum absolute atomic E-state index is 11.8. The van der Waals surface area contributed by atoms with Crippen LogP contribution in [0.3, 0.4) is 0 Å². The first kappa shape index (κ1) is 16.4. The van der Waals surface area contributed by atoms with Gasteiger partial charge in [0.1, 0.15) is 11.6 Å². The number of hydrogen-bond acceptors (Lipinski definition) is 4. The third-order valence-electron chi connectivity index (χ3n) is 2.26. The predicted molar refractivity (Wildman–Crippen MR) is 74.5 cm³/mol. The van der Waals surface area contributed by atoms with Gasteiger partial charge >= 0.3 is 12.1 Å². The van der Waals surface area contributed by atoms with Crippen molar-refractivity contribution in [1.82, 2.24) is 10.3 Å². The lowest BCUT2D eigenvalue weighted by Crippen LogP contribution is -2.45. The van der Waals surface area contributed by atoms with E-state index in [2.05, 4.69) is 10.3 Å². The van der Waals surface area contributed by atoms with Crippen LogP contribution in [0.1, 0.15) is 26.5 Å². The van der Waals surface area contributed by atoms with Crippen LogP contribution in [0.15, 0.2) is 18.3 Å². The van der Waals surface area contributed by atoms with Crippen molar-refractivity contribution in [1.29, 1.82) is 0 Å². The average Bonchev–Trinajstić information content (AvgIpc) is 2.78. The van der Waals surface area contributed by atoms with Gasteiger partial charge in [0, 0.05) is 18.3 Å². The SMILES string of the molecule is CC(C)(C)OC(=O)NC(Cc1ccc[nH]1)C(=O)OCCl. The summed E-state index contributed by atoms with van der Waals surface area (Å²) in [6.07, 6.45) is 1.31. The van der Waals surface area contributed by atoms with E-state index in [1.165, 1.54) is 0 Å². The molecule has 1 amide bonds. The second-order valence-corrected chi connectivity index (χ2v) is 5.39. The Labute approximate surface area is 122 Å². The molecule has 0 fully saturated rings. The van der Waals surface area contributed by atoms with Crippen molar-refractivity contribution < 1.29 is 19.1 Å². The number of rotatable bonds is 5. The molecule has 0 spiro atoms. The average molecular weight is 303 g/mol. The van der Waals surface area contributed by atoms with E-state index >= 15 is 0 Å². The number of aromatic amines is 1. The summed E-state index contributed by atoms with van der Waals surface area (Å²) < 4.78 is 9.84. The Bertz CT molecular complexity index is 440. The van der Waals surface area contributed by atoms with E-state index in [0.717, 1.165) is 5.69 Å². The van der Waals surface area contributed by atoms with Gasteiger partial charge < -0.3 is 19.8 Å². The number of nitrogens with one attached hydrogen (secondary N) is 2. The zero-order chi connectivity index (χ0) is 15.2. The van der Waals surface area contributed by atoms with Gasteiger partial charge in [0.2, 0.25) is 0 Å². The quantitative estimate of drug-likeness (QED) is 0.645. The fraction of sp³-hybridized carbons (Fsp3) is 0.538. The molecule has 1 heterocycles. The number of carbonyl (C=O) groups excluding carboxylic acids is 2. The second kappa shape index (κ2) is 7.19. The van der Waals surface area contributed by atoms with E-state index in [0.29, 0.717) is 0 Å². The largest absolute Gasteiger partial charge is 0.448 e. The molecule has 1 atom stereocenters. The van der Waals surface area contributed by atoms with Crippen LogP contribution in [0, 0.1) is 0 Å².